The highest BCUT2D eigenvalue weighted by molar-refractivity contribution is 5.70. The first-order valence-corrected chi connectivity index (χ1v) is 5.91. The van der Waals surface area contributed by atoms with Gasteiger partial charge in [0.05, 0.1) is 12.5 Å². The molecule has 0 aromatic carbocycles. The highest BCUT2D eigenvalue weighted by atomic mass is 16.3. The molecule has 2 heterocycles. The van der Waals surface area contributed by atoms with Crippen LogP contribution < -0.4 is 5.73 Å². The predicted octanol–water partition coefficient (Wildman–Crippen LogP) is -0.430. The minimum Gasteiger partial charge on any atom is -0.396 e. The van der Waals surface area contributed by atoms with Crippen LogP contribution >= 0.6 is 0 Å². The number of aromatic nitrogens is 4. The second-order valence-electron chi connectivity index (χ2n) is 4.68. The van der Waals surface area contributed by atoms with Crippen molar-refractivity contribution in [3.05, 3.63) is 12.5 Å². The maximum absolute atomic E-state index is 9.38. The zero-order valence-electron chi connectivity index (χ0n) is 9.77. The molecular formula is C11H15N5O2. The van der Waals surface area contributed by atoms with Gasteiger partial charge in [0.15, 0.2) is 5.65 Å². The zero-order chi connectivity index (χ0) is 12.7. The van der Waals surface area contributed by atoms with Gasteiger partial charge >= 0.3 is 0 Å². The molecule has 4 N–H and O–H groups in total. The number of nitrogen functional groups attached to an aromatic ring is 1. The normalized spacial score (nSPS) is 27.3. The van der Waals surface area contributed by atoms with E-state index in [1.54, 1.807) is 12.5 Å². The number of aliphatic hydroxyl groups is 2. The molecule has 3 atom stereocenters. The minimum absolute atomic E-state index is 0.0450. The molecule has 0 radical (unpaired) electrons. The van der Waals surface area contributed by atoms with E-state index in [0.717, 1.165) is 6.42 Å². The van der Waals surface area contributed by atoms with Crippen LogP contribution in [0.3, 0.4) is 0 Å². The van der Waals surface area contributed by atoms with Gasteiger partial charge < -0.3 is 20.5 Å². The summed E-state index contributed by atoms with van der Waals surface area (Å²) >= 11 is 0. The van der Waals surface area contributed by atoms with Crippen LogP contribution in [0.15, 0.2) is 12.5 Å². The van der Waals surface area contributed by atoms with Gasteiger partial charge in [-0.3, -0.25) is 0 Å². The fourth-order valence-electron chi connectivity index (χ4n) is 2.66. The number of hydrogen-bond donors (Lipinski definition) is 3. The molecule has 3 unspecified atom stereocenters. The van der Waals surface area contributed by atoms with Crippen molar-refractivity contribution in [2.75, 3.05) is 18.9 Å². The van der Waals surface area contributed by atoms with Crippen molar-refractivity contribution in [3.8, 4) is 0 Å². The summed E-state index contributed by atoms with van der Waals surface area (Å²) in [5, 5.41) is 18.6. The van der Waals surface area contributed by atoms with Crippen LogP contribution in [0, 0.1) is 11.8 Å². The second-order valence-corrected chi connectivity index (χ2v) is 4.68. The Kier molecular flexibility index (Phi) is 2.64. The molecule has 0 amide bonds. The van der Waals surface area contributed by atoms with Crippen molar-refractivity contribution in [2.24, 2.45) is 11.8 Å². The quantitative estimate of drug-likeness (QED) is 0.681. The van der Waals surface area contributed by atoms with E-state index >= 15 is 0 Å². The van der Waals surface area contributed by atoms with Gasteiger partial charge in [0, 0.05) is 25.2 Å². The number of anilines is 1. The van der Waals surface area contributed by atoms with E-state index in [1.165, 1.54) is 0 Å². The van der Waals surface area contributed by atoms with Gasteiger partial charge in [-0.2, -0.15) is 4.98 Å². The topological polar surface area (TPSA) is 110 Å². The maximum atomic E-state index is 9.38. The van der Waals surface area contributed by atoms with E-state index in [0.29, 0.717) is 11.2 Å². The minimum atomic E-state index is 0.0450. The van der Waals surface area contributed by atoms with Crippen LogP contribution in [0.2, 0.25) is 0 Å². The zero-order valence-corrected chi connectivity index (χ0v) is 9.77. The molecule has 0 spiro atoms. The fourth-order valence-corrected chi connectivity index (χ4v) is 2.66. The van der Waals surface area contributed by atoms with Crippen LogP contribution in [0.5, 0.6) is 0 Å². The molecule has 1 aliphatic rings. The van der Waals surface area contributed by atoms with Crippen LogP contribution in [-0.4, -0.2) is 42.9 Å². The van der Waals surface area contributed by atoms with Crippen LogP contribution in [0.1, 0.15) is 12.5 Å². The van der Waals surface area contributed by atoms with Crippen molar-refractivity contribution in [1.82, 2.24) is 19.5 Å². The summed E-state index contributed by atoms with van der Waals surface area (Å²) in [6.45, 7) is 0.154. The third-order valence-electron chi connectivity index (χ3n) is 3.78. The Morgan fingerprint density at radius 1 is 1.33 bits per heavy atom. The molecule has 3 rings (SSSR count). The van der Waals surface area contributed by atoms with Crippen molar-refractivity contribution in [3.63, 3.8) is 0 Å². The molecule has 1 fully saturated rings. The van der Waals surface area contributed by atoms with Gasteiger partial charge in [-0.25, -0.2) is 9.97 Å². The second kappa shape index (κ2) is 4.18. The number of nitrogens with zero attached hydrogens (tertiary/aromatic N) is 4. The first kappa shape index (κ1) is 11.4. The number of nitrogens with two attached hydrogens (primary N) is 1. The van der Waals surface area contributed by atoms with Gasteiger partial charge in [0.1, 0.15) is 5.52 Å². The molecule has 96 valence electrons. The lowest BCUT2D eigenvalue weighted by molar-refractivity contribution is -0.00528. The Labute approximate surface area is 103 Å². The summed E-state index contributed by atoms with van der Waals surface area (Å²) in [6.07, 6.45) is 4.10. The first-order valence-electron chi connectivity index (χ1n) is 5.91. The highest BCUT2D eigenvalue weighted by Crippen LogP contribution is 2.44. The number of imidazole rings is 1. The number of fused-ring (bicyclic) bond motifs is 1. The monoisotopic (exact) mass is 249 g/mol. The van der Waals surface area contributed by atoms with Gasteiger partial charge in [-0.1, -0.05) is 0 Å². The third-order valence-corrected chi connectivity index (χ3v) is 3.78. The lowest BCUT2D eigenvalue weighted by Gasteiger charge is -2.43. The lowest BCUT2D eigenvalue weighted by atomic mass is 9.70. The third kappa shape index (κ3) is 1.55. The average Bonchev–Trinajstić information content (AvgIpc) is 2.72. The van der Waals surface area contributed by atoms with Crippen molar-refractivity contribution in [2.45, 2.75) is 12.5 Å². The smallest absolute Gasteiger partial charge is 0.222 e. The Morgan fingerprint density at radius 2 is 2.17 bits per heavy atom. The van der Waals surface area contributed by atoms with Crippen molar-refractivity contribution >= 4 is 17.1 Å². The van der Waals surface area contributed by atoms with E-state index in [4.69, 9.17) is 5.73 Å². The van der Waals surface area contributed by atoms with Gasteiger partial charge in [-0.15, -0.1) is 0 Å². The van der Waals surface area contributed by atoms with E-state index in [-0.39, 0.29) is 37.0 Å². The SMILES string of the molecule is Nc1ncc2ncn(C3CC(CO)C3CO)c2n1. The maximum Gasteiger partial charge on any atom is 0.222 e. The van der Waals surface area contributed by atoms with Gasteiger partial charge in [0.25, 0.3) is 0 Å². The van der Waals surface area contributed by atoms with Crippen LogP contribution in [-0.2, 0) is 0 Å². The van der Waals surface area contributed by atoms with Gasteiger partial charge in [0.2, 0.25) is 5.95 Å². The summed E-state index contributed by atoms with van der Waals surface area (Å²) in [5.74, 6) is 0.406. The molecule has 0 bridgehead atoms. The summed E-state index contributed by atoms with van der Waals surface area (Å²) in [7, 11) is 0. The predicted molar refractivity (Wildman–Crippen MR) is 64.5 cm³/mol. The molecule has 18 heavy (non-hydrogen) atoms. The highest BCUT2D eigenvalue weighted by Gasteiger charge is 2.41. The molecule has 7 nitrogen and oxygen atoms in total. The largest absolute Gasteiger partial charge is 0.396 e. The molecule has 0 aliphatic heterocycles. The summed E-state index contributed by atoms with van der Waals surface area (Å²) in [6, 6.07) is 0.117. The molecular weight excluding hydrogens is 234 g/mol. The van der Waals surface area contributed by atoms with Crippen molar-refractivity contribution < 1.29 is 10.2 Å². The summed E-state index contributed by atoms with van der Waals surface area (Å²) in [4.78, 5) is 12.3. The van der Waals surface area contributed by atoms with Crippen LogP contribution in [0.4, 0.5) is 5.95 Å². The van der Waals surface area contributed by atoms with Crippen molar-refractivity contribution in [1.29, 1.82) is 0 Å². The van der Waals surface area contributed by atoms with E-state index in [9.17, 15) is 10.2 Å². The van der Waals surface area contributed by atoms with Gasteiger partial charge in [-0.05, 0) is 12.3 Å². The Balaban J connectivity index is 1.98. The molecule has 1 saturated carbocycles. The molecule has 0 saturated heterocycles. The lowest BCUT2D eigenvalue weighted by Crippen LogP contribution is -2.42. The van der Waals surface area contributed by atoms with E-state index in [1.807, 2.05) is 4.57 Å². The summed E-state index contributed by atoms with van der Waals surface area (Å²) in [5.41, 5.74) is 6.95. The first-order chi connectivity index (χ1) is 8.74. The summed E-state index contributed by atoms with van der Waals surface area (Å²) < 4.78 is 1.92. The molecule has 2 aromatic heterocycles. The average molecular weight is 249 g/mol. The number of aliphatic hydroxyl groups excluding tert-OH is 2. The molecule has 1 aliphatic carbocycles. The van der Waals surface area contributed by atoms with Crippen LogP contribution in [0.25, 0.3) is 11.2 Å². The van der Waals surface area contributed by atoms with E-state index < -0.39 is 0 Å². The van der Waals surface area contributed by atoms with E-state index in [2.05, 4.69) is 15.0 Å². The Bertz CT molecular complexity index is 570. The number of rotatable bonds is 3. The molecule has 7 heteroatoms. The number of hydrogen-bond acceptors (Lipinski definition) is 6. The Hall–Kier alpha value is -1.73. The standard InChI is InChI=1S/C11H15N5O2/c12-11-13-2-8-10(15-11)16(5-14-8)9-1-6(3-17)7(9)4-18/h2,5-7,9,17-18H,1,3-4H2,(H2,12,13,15). The molecule has 2 aromatic rings. The Morgan fingerprint density at radius 3 is 2.89 bits per heavy atom. The fraction of sp³-hybridized carbons (Fsp3) is 0.545.